The van der Waals surface area contributed by atoms with Crippen molar-refractivity contribution in [3.05, 3.63) is 40.8 Å². The predicted molar refractivity (Wildman–Crippen MR) is 103 cm³/mol. The minimum absolute atomic E-state index is 0.0236. The van der Waals surface area contributed by atoms with Crippen LogP contribution in [0.15, 0.2) is 35.1 Å². The van der Waals surface area contributed by atoms with Gasteiger partial charge in [0.1, 0.15) is 17.3 Å². The van der Waals surface area contributed by atoms with Crippen LogP contribution in [0.1, 0.15) is 12.8 Å². The van der Waals surface area contributed by atoms with Crippen LogP contribution in [0.5, 0.6) is 11.5 Å². The van der Waals surface area contributed by atoms with E-state index in [4.69, 9.17) is 9.47 Å². The fourth-order valence-electron chi connectivity index (χ4n) is 2.53. The standard InChI is InChI=1S/C18H19N5O5/c1-27-10-3-4-11(13(9-10)28-2)19-15(24)7-8-16(25)21-14-6-5-12-17(22-14)23-18(26)20-12/h3-6,9H,7-8H2,1-2H3,(H,19,24)(H3,20,21,22,23,25,26). The molecule has 0 aliphatic heterocycles. The van der Waals surface area contributed by atoms with E-state index in [9.17, 15) is 14.4 Å². The molecule has 0 unspecified atom stereocenters. The van der Waals surface area contributed by atoms with Gasteiger partial charge in [0.15, 0.2) is 5.65 Å². The van der Waals surface area contributed by atoms with E-state index < -0.39 is 0 Å². The highest BCUT2D eigenvalue weighted by Gasteiger charge is 2.12. The fraction of sp³-hybridized carbons (Fsp3) is 0.222. The minimum atomic E-state index is -0.378. The van der Waals surface area contributed by atoms with E-state index in [1.165, 1.54) is 14.2 Å². The third kappa shape index (κ3) is 4.47. The summed E-state index contributed by atoms with van der Waals surface area (Å²) in [6.45, 7) is 0. The number of ether oxygens (including phenoxy) is 2. The third-order valence-electron chi connectivity index (χ3n) is 3.90. The van der Waals surface area contributed by atoms with E-state index in [1.54, 1.807) is 30.3 Å². The number of aromatic amines is 2. The number of nitrogens with zero attached hydrogens (tertiary/aromatic N) is 1. The first-order chi connectivity index (χ1) is 13.5. The number of anilines is 2. The van der Waals surface area contributed by atoms with Gasteiger partial charge in [-0.2, -0.15) is 0 Å². The summed E-state index contributed by atoms with van der Waals surface area (Å²) < 4.78 is 10.3. The number of carbonyl (C=O) groups is 2. The number of carbonyl (C=O) groups excluding carboxylic acids is 2. The lowest BCUT2D eigenvalue weighted by molar-refractivity contribution is -0.121. The third-order valence-corrected chi connectivity index (χ3v) is 3.90. The van der Waals surface area contributed by atoms with E-state index in [0.717, 1.165) is 0 Å². The van der Waals surface area contributed by atoms with Gasteiger partial charge in [-0.3, -0.25) is 14.6 Å². The van der Waals surface area contributed by atoms with Crippen LogP contribution in [-0.2, 0) is 9.59 Å². The van der Waals surface area contributed by atoms with Crippen LogP contribution in [0.3, 0.4) is 0 Å². The maximum Gasteiger partial charge on any atom is 0.325 e. The quantitative estimate of drug-likeness (QED) is 0.488. The number of rotatable bonds is 7. The zero-order valence-corrected chi connectivity index (χ0v) is 15.3. The Labute approximate surface area is 159 Å². The van der Waals surface area contributed by atoms with Gasteiger partial charge in [0.2, 0.25) is 11.8 Å². The number of H-pyrrole nitrogens is 2. The molecule has 3 rings (SSSR count). The molecule has 2 amide bonds. The van der Waals surface area contributed by atoms with Crippen LogP contribution in [0.2, 0.25) is 0 Å². The van der Waals surface area contributed by atoms with Gasteiger partial charge in [0.25, 0.3) is 0 Å². The summed E-state index contributed by atoms with van der Waals surface area (Å²) in [4.78, 5) is 44.6. The van der Waals surface area contributed by atoms with Crippen LogP contribution < -0.4 is 25.8 Å². The molecule has 0 atom stereocenters. The summed E-state index contributed by atoms with van der Waals surface area (Å²) in [6, 6.07) is 8.19. The Kier molecular flexibility index (Phi) is 5.58. The molecule has 0 radical (unpaired) electrons. The first kappa shape index (κ1) is 19.0. The molecule has 0 spiro atoms. The molecule has 1 aromatic carbocycles. The molecule has 4 N–H and O–H groups in total. The summed E-state index contributed by atoms with van der Waals surface area (Å²) in [5, 5.41) is 5.29. The second-order valence-electron chi connectivity index (χ2n) is 5.83. The first-order valence-electron chi connectivity index (χ1n) is 8.39. The lowest BCUT2D eigenvalue weighted by Crippen LogP contribution is -2.18. The van der Waals surface area contributed by atoms with Crippen LogP contribution in [0.25, 0.3) is 11.2 Å². The Bertz CT molecular complexity index is 1070. The van der Waals surface area contributed by atoms with Crippen molar-refractivity contribution in [1.82, 2.24) is 15.0 Å². The van der Waals surface area contributed by atoms with Crippen molar-refractivity contribution in [2.45, 2.75) is 12.8 Å². The highest BCUT2D eigenvalue weighted by Crippen LogP contribution is 2.29. The SMILES string of the molecule is COc1ccc(NC(=O)CCC(=O)Nc2ccc3[nH]c(=O)[nH]c3n2)c(OC)c1. The summed E-state index contributed by atoms with van der Waals surface area (Å²) in [5.41, 5.74) is 0.983. The van der Waals surface area contributed by atoms with E-state index in [0.29, 0.717) is 28.4 Å². The molecule has 3 aromatic rings. The highest BCUT2D eigenvalue weighted by atomic mass is 16.5. The average Bonchev–Trinajstić information content (AvgIpc) is 3.06. The number of aromatic nitrogens is 3. The molecule has 2 heterocycles. The summed E-state index contributed by atoms with van der Waals surface area (Å²) in [6.07, 6.45) is -0.0576. The number of benzene rings is 1. The van der Waals surface area contributed by atoms with Crippen LogP contribution in [0.4, 0.5) is 11.5 Å². The zero-order chi connectivity index (χ0) is 20.1. The first-order valence-corrected chi connectivity index (χ1v) is 8.39. The lowest BCUT2D eigenvalue weighted by atomic mass is 10.2. The van der Waals surface area contributed by atoms with Crippen molar-refractivity contribution in [3.63, 3.8) is 0 Å². The molecule has 0 aliphatic rings. The van der Waals surface area contributed by atoms with Crippen molar-refractivity contribution in [2.24, 2.45) is 0 Å². The van der Waals surface area contributed by atoms with Crippen molar-refractivity contribution >= 4 is 34.5 Å². The van der Waals surface area contributed by atoms with Crippen molar-refractivity contribution in [1.29, 1.82) is 0 Å². The van der Waals surface area contributed by atoms with Gasteiger partial charge >= 0.3 is 5.69 Å². The number of hydrogen-bond donors (Lipinski definition) is 4. The van der Waals surface area contributed by atoms with Crippen molar-refractivity contribution in [2.75, 3.05) is 24.9 Å². The van der Waals surface area contributed by atoms with E-state index in [1.807, 2.05) is 0 Å². The highest BCUT2D eigenvalue weighted by molar-refractivity contribution is 5.97. The second-order valence-corrected chi connectivity index (χ2v) is 5.83. The molecule has 146 valence electrons. The summed E-state index contributed by atoms with van der Waals surface area (Å²) in [5.74, 6) is 0.626. The molecule has 10 heteroatoms. The maximum atomic E-state index is 12.1. The van der Waals surface area contributed by atoms with E-state index in [2.05, 4.69) is 25.6 Å². The Balaban J connectivity index is 1.55. The van der Waals surface area contributed by atoms with E-state index in [-0.39, 0.29) is 36.2 Å². The number of methoxy groups -OCH3 is 2. The Hall–Kier alpha value is -3.82. The number of amides is 2. The zero-order valence-electron chi connectivity index (χ0n) is 15.3. The lowest BCUT2D eigenvalue weighted by Gasteiger charge is -2.11. The number of pyridine rings is 1. The van der Waals surface area contributed by atoms with Gasteiger partial charge in [-0.1, -0.05) is 0 Å². The van der Waals surface area contributed by atoms with Gasteiger partial charge in [-0.15, -0.1) is 0 Å². The Morgan fingerprint density at radius 2 is 1.75 bits per heavy atom. The molecular formula is C18H19N5O5. The number of hydrogen-bond acceptors (Lipinski definition) is 6. The van der Waals surface area contributed by atoms with Crippen molar-refractivity contribution < 1.29 is 19.1 Å². The topological polar surface area (TPSA) is 138 Å². The monoisotopic (exact) mass is 385 g/mol. The van der Waals surface area contributed by atoms with Gasteiger partial charge < -0.3 is 25.1 Å². The second kappa shape index (κ2) is 8.25. The number of fused-ring (bicyclic) bond motifs is 1. The minimum Gasteiger partial charge on any atom is -0.497 e. The maximum absolute atomic E-state index is 12.1. The van der Waals surface area contributed by atoms with Crippen LogP contribution in [-0.4, -0.2) is 41.0 Å². The molecule has 0 aliphatic carbocycles. The molecule has 2 aromatic heterocycles. The molecule has 0 saturated heterocycles. The van der Waals surface area contributed by atoms with Gasteiger partial charge in [0, 0.05) is 18.9 Å². The van der Waals surface area contributed by atoms with Crippen LogP contribution in [0, 0.1) is 0 Å². The summed E-state index contributed by atoms with van der Waals surface area (Å²) >= 11 is 0. The van der Waals surface area contributed by atoms with Gasteiger partial charge in [0.05, 0.1) is 25.4 Å². The van der Waals surface area contributed by atoms with Gasteiger partial charge in [-0.25, -0.2) is 9.78 Å². The smallest absolute Gasteiger partial charge is 0.325 e. The molecule has 0 saturated carbocycles. The molecule has 0 bridgehead atoms. The molecule has 10 nitrogen and oxygen atoms in total. The number of imidazole rings is 1. The molecular weight excluding hydrogens is 366 g/mol. The van der Waals surface area contributed by atoms with Gasteiger partial charge in [-0.05, 0) is 24.3 Å². The fourth-order valence-corrected chi connectivity index (χ4v) is 2.53. The van der Waals surface area contributed by atoms with E-state index >= 15 is 0 Å². The Morgan fingerprint density at radius 3 is 2.46 bits per heavy atom. The summed E-state index contributed by atoms with van der Waals surface area (Å²) in [7, 11) is 3.02. The predicted octanol–water partition coefficient (Wildman–Crippen LogP) is 1.63. The molecule has 28 heavy (non-hydrogen) atoms. The molecule has 0 fully saturated rings. The van der Waals surface area contributed by atoms with Crippen LogP contribution >= 0.6 is 0 Å². The largest absolute Gasteiger partial charge is 0.497 e. The number of nitrogens with one attached hydrogen (secondary N) is 4. The van der Waals surface area contributed by atoms with Crippen molar-refractivity contribution in [3.8, 4) is 11.5 Å². The Morgan fingerprint density at radius 1 is 1.00 bits per heavy atom. The normalized spacial score (nSPS) is 10.5. The average molecular weight is 385 g/mol.